The van der Waals surface area contributed by atoms with Crippen molar-refractivity contribution in [2.45, 2.75) is 39.5 Å². The van der Waals surface area contributed by atoms with Gasteiger partial charge in [-0.25, -0.2) is 4.79 Å². The number of hydrogen-bond donors (Lipinski definition) is 0. The number of amides is 3. The summed E-state index contributed by atoms with van der Waals surface area (Å²) in [5.41, 5.74) is 4.05. The topological polar surface area (TPSA) is 183 Å². The van der Waals surface area contributed by atoms with Crippen LogP contribution < -0.4 is 33.6 Å². The van der Waals surface area contributed by atoms with Crippen molar-refractivity contribution in [2.75, 3.05) is 42.4 Å². The highest BCUT2D eigenvalue weighted by molar-refractivity contribution is 9.11. The molecule has 1 aliphatic rings. The highest BCUT2D eigenvalue weighted by atomic mass is 79.9. The lowest BCUT2D eigenvalue weighted by Gasteiger charge is -2.26. The first-order chi connectivity index (χ1) is 38.0. The van der Waals surface area contributed by atoms with E-state index in [1.807, 2.05) is 6.92 Å². The fourth-order valence-corrected chi connectivity index (χ4v) is 10.1. The van der Waals surface area contributed by atoms with Gasteiger partial charge in [-0.2, -0.15) is 0 Å². The Morgan fingerprint density at radius 3 is 1.51 bits per heavy atom. The van der Waals surface area contributed by atoms with Crippen LogP contribution in [0.4, 0.5) is 17.1 Å². The molecule has 0 atom stereocenters. The van der Waals surface area contributed by atoms with E-state index in [9.17, 15) is 38.4 Å². The van der Waals surface area contributed by atoms with Crippen LogP contribution in [-0.4, -0.2) is 74.9 Å². The van der Waals surface area contributed by atoms with E-state index in [2.05, 4.69) is 15.9 Å². The molecule has 1 fully saturated rings. The Kier molecular flexibility index (Phi) is 18.3. The van der Waals surface area contributed by atoms with Crippen LogP contribution in [0.3, 0.4) is 0 Å². The van der Waals surface area contributed by atoms with Crippen molar-refractivity contribution in [1.82, 2.24) is 0 Å². The summed E-state index contributed by atoms with van der Waals surface area (Å²) in [6.07, 6.45) is 4.68. The van der Waals surface area contributed by atoms with Gasteiger partial charge in [0.15, 0.2) is 11.6 Å². The van der Waals surface area contributed by atoms with Gasteiger partial charge in [0.05, 0.1) is 33.2 Å². The van der Waals surface area contributed by atoms with Crippen LogP contribution in [0.25, 0.3) is 6.08 Å². The number of halogens is 1. The van der Waals surface area contributed by atoms with Gasteiger partial charge >= 0.3 is 17.9 Å². The minimum Gasteiger partial charge on any atom is -0.497 e. The van der Waals surface area contributed by atoms with Gasteiger partial charge < -0.3 is 33.6 Å². The highest BCUT2D eigenvalue weighted by Crippen LogP contribution is 2.34. The summed E-state index contributed by atoms with van der Waals surface area (Å²) in [5.74, 6) is -2.21. The van der Waals surface area contributed by atoms with Crippen LogP contribution in [-0.2, 0) is 9.59 Å². The number of ether oxygens (including phenoxy) is 4. The molecule has 3 amide bonds. The van der Waals surface area contributed by atoms with E-state index in [4.69, 9.17) is 18.9 Å². The number of benzene rings is 6. The molecule has 0 bridgehead atoms. The van der Waals surface area contributed by atoms with E-state index in [-0.39, 0.29) is 52.1 Å². The Morgan fingerprint density at radius 2 is 1.00 bits per heavy atom. The number of rotatable bonds is 18. The summed E-state index contributed by atoms with van der Waals surface area (Å²) in [7, 11) is 4.75. The molecule has 15 nitrogen and oxygen atoms in total. The maximum Gasteiger partial charge on any atom is 0.343 e. The number of Topliss-reactive ketones (excluding diaryl/α,β-unsaturated/α-hetero) is 1. The third-order valence-electron chi connectivity index (χ3n) is 13.4. The number of allylic oxidation sites excluding steroid dienone is 1. The standard InChI is InChI=1S/C62H54BrN3O12S/c1-6-66(49-26-30-51(31-27-49)77-61(73)45-17-24-48(25-18-45)65(4)58(70)41-9-7-40(8-10-41)57(69)64(3)47-22-15-39(16-23-47)38(2)67)59(71)42-19-28-50(29-20-42)76-60(72)43-11-13-44(14-12-43)62(74)78-54-34-32-52(75-5)37-46(54)21-33-53(68)55-35-36-56(63)79-55/h7-10,15-37,43-44H,6,11-14H2,1-5H3/b33-21+. The van der Waals surface area contributed by atoms with Gasteiger partial charge in [-0.1, -0.05) is 0 Å². The molecular weight excluding hydrogens is 1090 g/mol. The minimum atomic E-state index is -0.631. The average Bonchev–Trinajstić information content (AvgIpc) is 3.95. The quantitative estimate of drug-likeness (QED) is 0.0343. The van der Waals surface area contributed by atoms with Gasteiger partial charge in [-0.15, -0.1) is 11.3 Å². The molecule has 0 saturated heterocycles. The Labute approximate surface area is 469 Å². The maximum absolute atomic E-state index is 13.7. The summed E-state index contributed by atoms with van der Waals surface area (Å²) in [6.45, 7) is 3.63. The van der Waals surface area contributed by atoms with Crippen molar-refractivity contribution in [3.8, 4) is 23.0 Å². The largest absolute Gasteiger partial charge is 0.497 e. The van der Waals surface area contributed by atoms with Crippen molar-refractivity contribution in [2.24, 2.45) is 11.8 Å². The Balaban J connectivity index is 0.788. The number of carbonyl (C=O) groups excluding carboxylic acids is 8. The zero-order chi connectivity index (χ0) is 56.3. The zero-order valence-corrected chi connectivity index (χ0v) is 46.2. The summed E-state index contributed by atoms with van der Waals surface area (Å²) in [5, 5.41) is 0. The lowest BCUT2D eigenvalue weighted by molar-refractivity contribution is -0.145. The molecule has 1 saturated carbocycles. The third kappa shape index (κ3) is 13.9. The zero-order valence-electron chi connectivity index (χ0n) is 43.8. The molecule has 0 spiro atoms. The number of methoxy groups -OCH3 is 1. The van der Waals surface area contributed by atoms with Crippen molar-refractivity contribution in [3.05, 3.63) is 200 Å². The summed E-state index contributed by atoms with van der Waals surface area (Å²) in [6, 6.07) is 40.6. The monoisotopic (exact) mass is 1140 g/mol. The molecule has 7 aromatic rings. The Morgan fingerprint density at radius 1 is 0.544 bits per heavy atom. The smallest absolute Gasteiger partial charge is 0.343 e. The lowest BCUT2D eigenvalue weighted by atomic mass is 9.82. The van der Waals surface area contributed by atoms with E-state index in [1.165, 1.54) is 41.2 Å². The molecule has 0 radical (unpaired) electrons. The van der Waals surface area contributed by atoms with Gasteiger partial charge in [-0.3, -0.25) is 33.6 Å². The van der Waals surface area contributed by atoms with Crippen LogP contribution in [0.15, 0.2) is 162 Å². The van der Waals surface area contributed by atoms with Crippen LogP contribution in [0.2, 0.25) is 0 Å². The molecule has 8 rings (SSSR count). The molecular formula is C62H54BrN3O12S. The first kappa shape index (κ1) is 56.4. The minimum absolute atomic E-state index is 0.0714. The number of carbonyl (C=O) groups is 8. The van der Waals surface area contributed by atoms with Crippen molar-refractivity contribution < 1.29 is 57.3 Å². The summed E-state index contributed by atoms with van der Waals surface area (Å²) < 4.78 is 23.4. The van der Waals surface area contributed by atoms with Gasteiger partial charge in [-0.05, 0) is 219 Å². The molecule has 79 heavy (non-hydrogen) atoms. The van der Waals surface area contributed by atoms with E-state index < -0.39 is 29.7 Å². The van der Waals surface area contributed by atoms with Gasteiger partial charge in [0.25, 0.3) is 17.7 Å². The molecule has 0 unspecified atom stereocenters. The first-order valence-electron chi connectivity index (χ1n) is 25.2. The predicted octanol–water partition coefficient (Wildman–Crippen LogP) is 12.4. The van der Waals surface area contributed by atoms with Crippen molar-refractivity contribution in [1.29, 1.82) is 0 Å². The second-order valence-corrected chi connectivity index (χ2v) is 21.0. The first-order valence-corrected chi connectivity index (χ1v) is 26.8. The number of ketones is 2. The molecule has 402 valence electrons. The fraction of sp³-hybridized carbons (Fsp3) is 0.194. The van der Waals surface area contributed by atoms with E-state index in [0.717, 1.165) is 3.79 Å². The second kappa shape index (κ2) is 25.6. The average molecular weight is 1150 g/mol. The molecule has 17 heteroatoms. The Hall–Kier alpha value is -8.80. The van der Waals surface area contributed by atoms with Crippen LogP contribution >= 0.6 is 27.3 Å². The van der Waals surface area contributed by atoms with Crippen molar-refractivity contribution >= 4 is 97.6 Å². The predicted molar refractivity (Wildman–Crippen MR) is 305 cm³/mol. The summed E-state index contributed by atoms with van der Waals surface area (Å²) >= 11 is 4.69. The number of nitrogens with zero attached hydrogens (tertiary/aromatic N) is 3. The van der Waals surface area contributed by atoms with E-state index in [1.54, 1.807) is 177 Å². The van der Waals surface area contributed by atoms with Gasteiger partial charge in [0, 0.05) is 65.5 Å². The van der Waals surface area contributed by atoms with Gasteiger partial charge in [0.1, 0.15) is 23.0 Å². The SMILES string of the molecule is CCN(C(=O)c1ccc(OC(=O)C2CCC(C(=O)Oc3ccc(OC)cc3/C=C/C(=O)c3ccc(Br)s3)CC2)cc1)c1ccc(OC(=O)c2ccc(N(C)C(=O)c3ccc(C(=O)N(C)c4ccc(C(C)=O)cc4)cc3)cc2)cc1. The lowest BCUT2D eigenvalue weighted by Crippen LogP contribution is -2.31. The molecule has 1 heterocycles. The normalized spacial score (nSPS) is 13.9. The molecule has 0 aliphatic heterocycles. The maximum atomic E-state index is 13.7. The van der Waals surface area contributed by atoms with Crippen LogP contribution in [0.5, 0.6) is 23.0 Å². The van der Waals surface area contributed by atoms with Gasteiger partial charge in [0.2, 0.25) is 0 Å². The molecule has 0 N–H and O–H groups in total. The number of hydrogen-bond acceptors (Lipinski definition) is 13. The number of thiophene rings is 1. The number of anilines is 3. The van der Waals surface area contributed by atoms with Crippen molar-refractivity contribution in [3.63, 3.8) is 0 Å². The van der Waals surface area contributed by atoms with Crippen LogP contribution in [0, 0.1) is 11.8 Å². The second-order valence-electron chi connectivity index (χ2n) is 18.5. The summed E-state index contributed by atoms with van der Waals surface area (Å²) in [4.78, 5) is 109. The molecule has 6 aromatic carbocycles. The fourth-order valence-electron chi connectivity index (χ4n) is 8.77. The third-order valence-corrected chi connectivity index (χ3v) is 15.1. The molecule has 1 aromatic heterocycles. The Bertz CT molecular complexity index is 3440. The van der Waals surface area contributed by atoms with E-state index in [0.29, 0.717) is 87.7 Å². The number of esters is 3. The highest BCUT2D eigenvalue weighted by Gasteiger charge is 2.33. The van der Waals surface area contributed by atoms with Crippen LogP contribution in [0.1, 0.15) is 107 Å². The molecule has 1 aliphatic carbocycles. The van der Waals surface area contributed by atoms with E-state index >= 15 is 0 Å².